The lowest BCUT2D eigenvalue weighted by atomic mass is 10.0. The first-order valence-corrected chi connectivity index (χ1v) is 22.4. The summed E-state index contributed by atoms with van der Waals surface area (Å²) in [5.74, 6) is 0.313. The van der Waals surface area contributed by atoms with Gasteiger partial charge in [0, 0.05) is 12.8 Å². The van der Waals surface area contributed by atoms with E-state index in [0.29, 0.717) is 12.8 Å². The molecule has 5 nitrogen and oxygen atoms in total. The Kier molecular flexibility index (Phi) is 39.8. The third-order valence-electron chi connectivity index (χ3n) is 10.3. The summed E-state index contributed by atoms with van der Waals surface area (Å²) in [5.41, 5.74) is 0. The molecule has 0 aliphatic carbocycles. The van der Waals surface area contributed by atoms with E-state index < -0.39 is 6.10 Å². The van der Waals surface area contributed by atoms with Crippen molar-refractivity contribution in [1.82, 2.24) is 0 Å². The molecule has 0 bridgehead atoms. The van der Waals surface area contributed by atoms with Crippen LogP contribution in [0.3, 0.4) is 0 Å². The van der Waals surface area contributed by atoms with Crippen molar-refractivity contribution in [2.24, 2.45) is 5.92 Å². The molecular weight excluding hydrogens is 620 g/mol. The van der Waals surface area contributed by atoms with Crippen LogP contribution in [-0.2, 0) is 19.1 Å². The van der Waals surface area contributed by atoms with Crippen LogP contribution in [0.15, 0.2) is 0 Å². The number of aliphatic hydroxyl groups is 1. The van der Waals surface area contributed by atoms with Crippen LogP contribution in [0.5, 0.6) is 0 Å². The van der Waals surface area contributed by atoms with Crippen LogP contribution in [0.1, 0.15) is 252 Å². The van der Waals surface area contributed by atoms with E-state index >= 15 is 0 Å². The van der Waals surface area contributed by atoms with Crippen LogP contribution >= 0.6 is 0 Å². The molecule has 0 aromatic heterocycles. The predicted octanol–water partition coefficient (Wildman–Crippen LogP) is 14.2. The van der Waals surface area contributed by atoms with Gasteiger partial charge in [0.2, 0.25) is 0 Å². The minimum Gasteiger partial charge on any atom is -0.463 e. The van der Waals surface area contributed by atoms with Crippen molar-refractivity contribution in [1.29, 1.82) is 0 Å². The molecule has 1 N–H and O–H groups in total. The lowest BCUT2D eigenvalue weighted by molar-refractivity contribution is -0.152. The van der Waals surface area contributed by atoms with Gasteiger partial charge in [-0.25, -0.2) is 0 Å². The van der Waals surface area contributed by atoms with Crippen LogP contribution in [0.25, 0.3) is 0 Å². The highest BCUT2D eigenvalue weighted by Gasteiger charge is 2.12. The van der Waals surface area contributed by atoms with Gasteiger partial charge in [-0.2, -0.15) is 0 Å². The molecule has 0 spiro atoms. The van der Waals surface area contributed by atoms with Crippen molar-refractivity contribution >= 4 is 11.9 Å². The number of ether oxygens (including phenoxy) is 2. The zero-order valence-electron chi connectivity index (χ0n) is 34.1. The first-order chi connectivity index (χ1) is 24.5. The number of rotatable bonds is 41. The topological polar surface area (TPSA) is 72.8 Å². The van der Waals surface area contributed by atoms with Crippen molar-refractivity contribution in [2.45, 2.75) is 258 Å². The number of esters is 2. The van der Waals surface area contributed by atoms with Crippen LogP contribution < -0.4 is 0 Å². The van der Waals surface area contributed by atoms with Gasteiger partial charge in [0.15, 0.2) is 0 Å². The third kappa shape index (κ3) is 41.3. The number of unbranched alkanes of at least 4 members (excludes halogenated alkanes) is 31. The fraction of sp³-hybridized carbons (Fsp3) is 0.956. The molecule has 0 radical (unpaired) electrons. The van der Waals surface area contributed by atoms with Gasteiger partial charge in [-0.15, -0.1) is 0 Å². The Morgan fingerprint density at radius 3 is 0.900 bits per heavy atom. The summed E-state index contributed by atoms with van der Waals surface area (Å²) in [6.45, 7) is 6.71. The highest BCUT2D eigenvalue weighted by molar-refractivity contribution is 5.69. The molecule has 0 fully saturated rings. The number of carbonyl (C=O) groups excluding carboxylic acids is 2. The maximum atomic E-state index is 12.0. The average Bonchev–Trinajstić information content (AvgIpc) is 3.10. The maximum Gasteiger partial charge on any atom is 0.305 e. The Bertz CT molecular complexity index is 693. The number of hydrogen-bond acceptors (Lipinski definition) is 5. The lowest BCUT2D eigenvalue weighted by Gasteiger charge is -2.12. The second-order valence-electron chi connectivity index (χ2n) is 16.0. The zero-order valence-corrected chi connectivity index (χ0v) is 34.1. The summed E-state index contributed by atoms with van der Waals surface area (Å²) in [4.78, 5) is 24.0. The Labute approximate surface area is 312 Å². The quantitative estimate of drug-likeness (QED) is 0.0505. The molecule has 0 saturated heterocycles. The Morgan fingerprint density at radius 2 is 0.640 bits per heavy atom. The standard InChI is InChI=1S/C45H88O5/c1-4-5-6-7-8-9-10-11-12-13-17-20-23-26-29-32-35-38-44(47)49-40-43(46)41-50-45(48)39-36-33-30-27-24-21-18-15-14-16-19-22-25-28-31-34-37-42(2)3/h42-43,46H,4-41H2,1-3H3/t43-/m1/s1. The van der Waals surface area contributed by atoms with Gasteiger partial charge in [-0.3, -0.25) is 9.59 Å². The molecule has 298 valence electrons. The van der Waals surface area contributed by atoms with Gasteiger partial charge < -0.3 is 14.6 Å². The first-order valence-electron chi connectivity index (χ1n) is 22.4. The minimum absolute atomic E-state index is 0.107. The minimum atomic E-state index is -0.956. The van der Waals surface area contributed by atoms with Crippen molar-refractivity contribution in [3.63, 3.8) is 0 Å². The van der Waals surface area contributed by atoms with E-state index in [-0.39, 0.29) is 25.2 Å². The normalized spacial score (nSPS) is 12.1. The molecule has 1 atom stereocenters. The van der Waals surface area contributed by atoms with Crippen molar-refractivity contribution in [3.05, 3.63) is 0 Å². The predicted molar refractivity (Wildman–Crippen MR) is 215 cm³/mol. The van der Waals surface area contributed by atoms with E-state index in [0.717, 1.165) is 31.6 Å². The van der Waals surface area contributed by atoms with Crippen molar-refractivity contribution in [3.8, 4) is 0 Å². The maximum absolute atomic E-state index is 12.0. The fourth-order valence-corrected chi connectivity index (χ4v) is 6.86. The molecular formula is C45H88O5. The van der Waals surface area contributed by atoms with Crippen LogP contribution in [0.2, 0.25) is 0 Å². The number of hydrogen-bond donors (Lipinski definition) is 1. The van der Waals surface area contributed by atoms with Crippen LogP contribution in [0.4, 0.5) is 0 Å². The third-order valence-corrected chi connectivity index (χ3v) is 10.3. The van der Waals surface area contributed by atoms with Gasteiger partial charge in [0.05, 0.1) is 0 Å². The van der Waals surface area contributed by atoms with E-state index in [1.54, 1.807) is 0 Å². The molecule has 0 aromatic rings. The molecule has 0 unspecified atom stereocenters. The smallest absolute Gasteiger partial charge is 0.305 e. The van der Waals surface area contributed by atoms with Gasteiger partial charge in [-0.05, 0) is 18.8 Å². The molecule has 0 heterocycles. The summed E-state index contributed by atoms with van der Waals surface area (Å²) in [5, 5.41) is 10.0. The summed E-state index contributed by atoms with van der Waals surface area (Å²) in [6.07, 6.45) is 44.5. The fourth-order valence-electron chi connectivity index (χ4n) is 6.86. The lowest BCUT2D eigenvalue weighted by Crippen LogP contribution is -2.25. The van der Waals surface area contributed by atoms with Gasteiger partial charge in [0.1, 0.15) is 19.3 Å². The molecule has 0 aliphatic rings. The van der Waals surface area contributed by atoms with Crippen molar-refractivity contribution in [2.75, 3.05) is 13.2 Å². The van der Waals surface area contributed by atoms with E-state index in [4.69, 9.17) is 9.47 Å². The summed E-state index contributed by atoms with van der Waals surface area (Å²) in [6, 6.07) is 0. The van der Waals surface area contributed by atoms with E-state index in [9.17, 15) is 14.7 Å². The van der Waals surface area contributed by atoms with Gasteiger partial charge >= 0.3 is 11.9 Å². The zero-order chi connectivity index (χ0) is 36.6. The van der Waals surface area contributed by atoms with Crippen molar-refractivity contribution < 1.29 is 24.2 Å². The average molecular weight is 709 g/mol. The number of carbonyl (C=O) groups is 2. The molecule has 0 amide bonds. The highest BCUT2D eigenvalue weighted by atomic mass is 16.6. The van der Waals surface area contributed by atoms with E-state index in [1.165, 1.54) is 193 Å². The second kappa shape index (κ2) is 40.7. The molecule has 50 heavy (non-hydrogen) atoms. The first kappa shape index (κ1) is 48.9. The van der Waals surface area contributed by atoms with Crippen LogP contribution in [0, 0.1) is 5.92 Å². The Balaban J connectivity index is 3.35. The summed E-state index contributed by atoms with van der Waals surface area (Å²) >= 11 is 0. The largest absolute Gasteiger partial charge is 0.463 e. The van der Waals surface area contributed by atoms with Crippen LogP contribution in [-0.4, -0.2) is 36.4 Å². The van der Waals surface area contributed by atoms with Gasteiger partial charge in [-0.1, -0.05) is 226 Å². The van der Waals surface area contributed by atoms with E-state index in [1.807, 2.05) is 0 Å². The SMILES string of the molecule is CCCCCCCCCCCCCCCCCCCC(=O)OC[C@@H](O)COC(=O)CCCCCCCCCCCCCCCCCCC(C)C. The number of aliphatic hydroxyl groups excluding tert-OH is 1. The van der Waals surface area contributed by atoms with E-state index in [2.05, 4.69) is 20.8 Å². The monoisotopic (exact) mass is 709 g/mol. The molecule has 0 rings (SSSR count). The molecule has 0 aromatic carbocycles. The molecule has 5 heteroatoms. The summed E-state index contributed by atoms with van der Waals surface area (Å²) < 4.78 is 10.4. The molecule has 0 saturated carbocycles. The Morgan fingerprint density at radius 1 is 0.400 bits per heavy atom. The van der Waals surface area contributed by atoms with Gasteiger partial charge in [0.25, 0.3) is 0 Å². The molecule has 0 aliphatic heterocycles. The summed E-state index contributed by atoms with van der Waals surface area (Å²) in [7, 11) is 0. The second-order valence-corrected chi connectivity index (χ2v) is 16.0. The Hall–Kier alpha value is -1.10. The highest BCUT2D eigenvalue weighted by Crippen LogP contribution is 2.17.